The van der Waals surface area contributed by atoms with Gasteiger partial charge in [-0.05, 0) is 80.3 Å². The molecule has 54 heavy (non-hydrogen) atoms. The first-order valence-corrected chi connectivity index (χ1v) is 19.1. The highest BCUT2D eigenvalue weighted by atomic mass is 16.5. The number of morpholine rings is 2. The lowest BCUT2D eigenvalue weighted by Gasteiger charge is -2.44. The number of fused-ring (bicyclic) bond motifs is 4. The van der Waals surface area contributed by atoms with Gasteiger partial charge in [0.1, 0.15) is 0 Å². The van der Waals surface area contributed by atoms with Crippen molar-refractivity contribution in [3.63, 3.8) is 0 Å². The van der Waals surface area contributed by atoms with Crippen molar-refractivity contribution < 1.29 is 38.5 Å². The number of carbonyl (C=O) groups is 4. The lowest BCUT2D eigenvalue weighted by molar-refractivity contribution is -0.126. The van der Waals surface area contributed by atoms with E-state index in [1.54, 1.807) is 18.2 Å². The van der Waals surface area contributed by atoms with Crippen molar-refractivity contribution in [2.75, 3.05) is 78.8 Å². The zero-order valence-electron chi connectivity index (χ0n) is 30.3. The van der Waals surface area contributed by atoms with Gasteiger partial charge >= 0.3 is 0 Å². The van der Waals surface area contributed by atoms with E-state index in [-0.39, 0.29) is 41.5 Å². The number of para-hydroxylation sites is 1. The van der Waals surface area contributed by atoms with E-state index in [1.807, 2.05) is 61.5 Å². The van der Waals surface area contributed by atoms with Crippen LogP contribution in [0.5, 0.6) is 11.5 Å². The number of carbonyl (C=O) groups excluding carboxylic acids is 4. The Bertz CT molecular complexity index is 2000. The highest BCUT2D eigenvalue weighted by Gasteiger charge is 2.62. The maximum atomic E-state index is 14.6. The maximum Gasteiger partial charge on any atom is 0.238 e. The smallest absolute Gasteiger partial charge is 0.238 e. The molecule has 4 heterocycles. The molecule has 9 rings (SSSR count). The van der Waals surface area contributed by atoms with Gasteiger partial charge in [0.15, 0.2) is 11.5 Å². The molecule has 280 valence electrons. The monoisotopic (exact) mass is 732 g/mol. The van der Waals surface area contributed by atoms with E-state index in [4.69, 9.17) is 14.2 Å². The fourth-order valence-corrected chi connectivity index (χ4v) is 9.78. The van der Waals surface area contributed by atoms with Crippen molar-refractivity contribution >= 4 is 46.4 Å². The number of nitrogens with zero attached hydrogens (tertiary/aromatic N) is 4. The van der Waals surface area contributed by atoms with Crippen LogP contribution in [0.2, 0.25) is 0 Å². The Hall–Kier alpha value is -5.20. The summed E-state index contributed by atoms with van der Waals surface area (Å²) in [6, 6.07) is 20.2. The number of imide groups is 2. The summed E-state index contributed by atoms with van der Waals surface area (Å²) < 4.78 is 16.8. The van der Waals surface area contributed by atoms with Gasteiger partial charge in [0.2, 0.25) is 23.6 Å². The summed E-state index contributed by atoms with van der Waals surface area (Å²) in [5.74, 6) is -5.08. The Morgan fingerprint density at radius 3 is 1.72 bits per heavy atom. The molecule has 4 aliphatic heterocycles. The maximum absolute atomic E-state index is 14.6. The van der Waals surface area contributed by atoms with Crippen molar-refractivity contribution in [2.45, 2.75) is 25.7 Å². The van der Waals surface area contributed by atoms with Gasteiger partial charge in [0, 0.05) is 49.0 Å². The molecule has 12 heteroatoms. The third-order valence-electron chi connectivity index (χ3n) is 12.3. The number of aromatic hydroxyl groups is 1. The molecule has 6 unspecified atom stereocenters. The number of hydrogen-bond donors (Lipinski definition) is 1. The summed E-state index contributed by atoms with van der Waals surface area (Å²) in [6.07, 6.45) is 2.56. The highest BCUT2D eigenvalue weighted by molar-refractivity contribution is 6.24. The Morgan fingerprint density at radius 1 is 0.648 bits per heavy atom. The second-order valence-electron chi connectivity index (χ2n) is 14.9. The van der Waals surface area contributed by atoms with Crippen molar-refractivity contribution in [3.05, 3.63) is 83.9 Å². The summed E-state index contributed by atoms with van der Waals surface area (Å²) >= 11 is 0. The van der Waals surface area contributed by atoms with E-state index in [2.05, 4.69) is 9.80 Å². The number of phenolic OH excluding ortho intramolecular Hbond substituents is 1. The van der Waals surface area contributed by atoms with E-state index < -0.39 is 35.5 Å². The Balaban J connectivity index is 1.07. The molecule has 0 aromatic heterocycles. The molecule has 1 saturated carbocycles. The fraction of sp³-hybridized carbons (Fsp3) is 0.429. The topological polar surface area (TPSA) is 129 Å². The summed E-state index contributed by atoms with van der Waals surface area (Å²) in [4.78, 5) is 64.8. The molecular weight excluding hydrogens is 688 g/mol. The van der Waals surface area contributed by atoms with Gasteiger partial charge in [0.25, 0.3) is 0 Å². The molecule has 3 aromatic carbocycles. The number of ether oxygens (including phenoxy) is 3. The van der Waals surface area contributed by atoms with E-state index in [0.717, 1.165) is 43.1 Å². The van der Waals surface area contributed by atoms with Crippen molar-refractivity contribution in [3.8, 4) is 11.5 Å². The first-order chi connectivity index (χ1) is 26.4. The van der Waals surface area contributed by atoms with Crippen LogP contribution in [0.25, 0.3) is 0 Å². The standard InChI is InChI=1S/C42H44N4O8/c1-2-54-34-5-3-4-30(38(34)47)35-29-14-15-31-36(41(50)45(39(31)48)27-10-6-25(7-11-27)43-16-20-52-21-17-43)32(29)24-33-37(35)42(51)46(40(33)49)28-12-8-26(9-13-28)44-18-22-53-23-19-44/h3-14,31-33,35-37,47H,2,15-24H2,1H3. The summed E-state index contributed by atoms with van der Waals surface area (Å²) in [7, 11) is 0. The second kappa shape index (κ2) is 13.9. The second-order valence-corrected chi connectivity index (χ2v) is 14.9. The van der Waals surface area contributed by atoms with Crippen molar-refractivity contribution in [1.29, 1.82) is 0 Å². The molecule has 0 bridgehead atoms. The largest absolute Gasteiger partial charge is 0.504 e. The number of hydrogen-bond acceptors (Lipinski definition) is 10. The predicted molar refractivity (Wildman–Crippen MR) is 201 cm³/mol. The molecule has 4 saturated heterocycles. The van der Waals surface area contributed by atoms with Gasteiger partial charge < -0.3 is 29.1 Å². The van der Waals surface area contributed by atoms with E-state index >= 15 is 0 Å². The molecule has 0 spiro atoms. The van der Waals surface area contributed by atoms with Crippen LogP contribution in [-0.4, -0.2) is 87.9 Å². The molecule has 2 aliphatic carbocycles. The number of allylic oxidation sites excluding steroid dienone is 2. The first kappa shape index (κ1) is 34.6. The Labute approximate surface area is 313 Å². The highest BCUT2D eigenvalue weighted by Crippen LogP contribution is 2.60. The molecule has 1 N–H and O–H groups in total. The minimum atomic E-state index is -0.811. The van der Waals surface area contributed by atoms with Crippen LogP contribution in [0, 0.1) is 29.6 Å². The summed E-state index contributed by atoms with van der Waals surface area (Å²) in [5, 5.41) is 11.6. The van der Waals surface area contributed by atoms with Gasteiger partial charge in [-0.1, -0.05) is 23.8 Å². The summed E-state index contributed by atoms with van der Waals surface area (Å²) in [5.41, 5.74) is 4.28. The number of anilines is 4. The molecule has 6 aliphatic rings. The van der Waals surface area contributed by atoms with E-state index in [1.165, 1.54) is 9.80 Å². The SMILES string of the molecule is CCOc1cccc(C2C3=CCC4C(=O)N(c5ccc(N6CCOCC6)cc5)C(=O)C4C3CC3C(=O)N(c4ccc(N5CCOCC5)cc4)C(=O)C32)c1O. The van der Waals surface area contributed by atoms with Gasteiger partial charge in [-0.3, -0.25) is 29.0 Å². The summed E-state index contributed by atoms with van der Waals surface area (Å²) in [6.45, 7) is 7.78. The average molecular weight is 733 g/mol. The third-order valence-corrected chi connectivity index (χ3v) is 12.3. The Kier molecular flexibility index (Phi) is 8.89. The van der Waals surface area contributed by atoms with Crippen LogP contribution in [0.4, 0.5) is 22.7 Å². The van der Waals surface area contributed by atoms with Gasteiger partial charge in [-0.25, -0.2) is 0 Å². The number of phenols is 1. The van der Waals surface area contributed by atoms with Gasteiger partial charge in [0.05, 0.1) is 68.1 Å². The molecular formula is C42H44N4O8. The van der Waals surface area contributed by atoms with Crippen LogP contribution in [-0.2, 0) is 28.7 Å². The number of rotatable bonds is 7. The van der Waals surface area contributed by atoms with Crippen LogP contribution in [0.15, 0.2) is 78.4 Å². The molecule has 3 aromatic rings. The van der Waals surface area contributed by atoms with Crippen LogP contribution < -0.4 is 24.3 Å². The minimum absolute atomic E-state index is 0.0869. The van der Waals surface area contributed by atoms with Crippen molar-refractivity contribution in [1.82, 2.24) is 0 Å². The predicted octanol–water partition coefficient (Wildman–Crippen LogP) is 4.51. The van der Waals surface area contributed by atoms with E-state index in [9.17, 15) is 24.3 Å². The molecule has 12 nitrogen and oxygen atoms in total. The lowest BCUT2D eigenvalue weighted by Crippen LogP contribution is -2.43. The van der Waals surface area contributed by atoms with Crippen molar-refractivity contribution in [2.24, 2.45) is 29.6 Å². The molecule has 4 amide bonds. The minimum Gasteiger partial charge on any atom is -0.504 e. The third kappa shape index (κ3) is 5.57. The van der Waals surface area contributed by atoms with Crippen LogP contribution in [0.3, 0.4) is 0 Å². The molecule has 6 atom stereocenters. The molecule has 0 radical (unpaired) electrons. The first-order valence-electron chi connectivity index (χ1n) is 19.1. The van der Waals surface area contributed by atoms with E-state index in [0.29, 0.717) is 56.4 Å². The van der Waals surface area contributed by atoms with Gasteiger partial charge in [-0.2, -0.15) is 0 Å². The van der Waals surface area contributed by atoms with Crippen LogP contribution >= 0.6 is 0 Å². The lowest BCUT2D eigenvalue weighted by atomic mass is 9.57. The van der Waals surface area contributed by atoms with Crippen LogP contribution in [0.1, 0.15) is 31.2 Å². The van der Waals surface area contributed by atoms with Gasteiger partial charge in [-0.15, -0.1) is 0 Å². The normalized spacial score (nSPS) is 28.2. The zero-order valence-corrected chi connectivity index (χ0v) is 30.3. The molecule has 5 fully saturated rings. The zero-order chi connectivity index (χ0) is 37.1. The Morgan fingerprint density at radius 2 is 1.17 bits per heavy atom. The number of amides is 4. The quantitative estimate of drug-likeness (QED) is 0.274. The fourth-order valence-electron chi connectivity index (χ4n) is 9.78. The number of benzene rings is 3. The average Bonchev–Trinajstić information content (AvgIpc) is 3.62.